The van der Waals surface area contributed by atoms with Crippen LogP contribution in [0, 0.1) is 0 Å². The molecule has 2 nitrogen and oxygen atoms in total. The molecular formula is C15H25NO. The quantitative estimate of drug-likeness (QED) is 0.757. The summed E-state index contributed by atoms with van der Waals surface area (Å²) in [5.41, 5.74) is 2.75. The van der Waals surface area contributed by atoms with E-state index in [1.54, 1.807) is 0 Å². The molecule has 0 aromatic heterocycles. The molecule has 0 radical (unpaired) electrons. The first-order valence-corrected chi connectivity index (χ1v) is 6.47. The number of nitrogens with one attached hydrogen (secondary N) is 1. The van der Waals surface area contributed by atoms with Crippen molar-refractivity contribution in [2.24, 2.45) is 0 Å². The zero-order chi connectivity index (χ0) is 12.7. The Hall–Kier alpha value is -1.02. The van der Waals surface area contributed by atoms with Crippen molar-refractivity contribution in [2.75, 3.05) is 25.1 Å². The maximum absolute atomic E-state index is 5.47. The van der Waals surface area contributed by atoms with Gasteiger partial charge in [0.2, 0.25) is 0 Å². The summed E-state index contributed by atoms with van der Waals surface area (Å²) in [7, 11) is 0. The second-order valence-electron chi connectivity index (χ2n) is 5.33. The van der Waals surface area contributed by atoms with Gasteiger partial charge < -0.3 is 10.1 Å². The molecule has 17 heavy (non-hydrogen) atoms. The van der Waals surface area contributed by atoms with E-state index in [0.717, 1.165) is 26.2 Å². The van der Waals surface area contributed by atoms with Gasteiger partial charge in [0.15, 0.2) is 0 Å². The Morgan fingerprint density at radius 3 is 2.47 bits per heavy atom. The first-order chi connectivity index (χ1) is 8.05. The van der Waals surface area contributed by atoms with Crippen molar-refractivity contribution in [3.8, 4) is 0 Å². The number of anilines is 1. The molecule has 1 N–H and O–H groups in total. The van der Waals surface area contributed by atoms with Gasteiger partial charge in [0, 0.05) is 18.8 Å². The molecule has 1 rings (SSSR count). The van der Waals surface area contributed by atoms with Crippen LogP contribution in [0.2, 0.25) is 0 Å². The van der Waals surface area contributed by atoms with Crippen LogP contribution in [0.3, 0.4) is 0 Å². The van der Waals surface area contributed by atoms with Gasteiger partial charge >= 0.3 is 0 Å². The highest BCUT2D eigenvalue weighted by Crippen LogP contribution is 2.28. The predicted molar refractivity (Wildman–Crippen MR) is 74.7 cm³/mol. The fourth-order valence-electron chi connectivity index (χ4n) is 1.80. The molecule has 0 saturated carbocycles. The van der Waals surface area contributed by atoms with Crippen LogP contribution < -0.4 is 5.32 Å². The summed E-state index contributed by atoms with van der Waals surface area (Å²) >= 11 is 0. The van der Waals surface area contributed by atoms with Gasteiger partial charge in [-0.1, -0.05) is 45.9 Å². The highest BCUT2D eigenvalue weighted by molar-refractivity contribution is 5.54. The SMILES string of the molecule is CCCOCCNc1ccccc1C(C)(C)C. The Labute approximate surface area is 105 Å². The second-order valence-corrected chi connectivity index (χ2v) is 5.33. The number of hydrogen-bond acceptors (Lipinski definition) is 2. The first-order valence-electron chi connectivity index (χ1n) is 6.47. The molecule has 2 heteroatoms. The van der Waals surface area contributed by atoms with Crippen LogP contribution in [-0.4, -0.2) is 19.8 Å². The molecular weight excluding hydrogens is 210 g/mol. The van der Waals surface area contributed by atoms with E-state index in [1.165, 1.54) is 11.3 Å². The van der Waals surface area contributed by atoms with Crippen molar-refractivity contribution >= 4 is 5.69 Å². The minimum atomic E-state index is 0.174. The van der Waals surface area contributed by atoms with Crippen molar-refractivity contribution in [2.45, 2.75) is 39.5 Å². The van der Waals surface area contributed by atoms with Gasteiger partial charge in [-0.3, -0.25) is 0 Å². The number of benzene rings is 1. The van der Waals surface area contributed by atoms with E-state index < -0.39 is 0 Å². The molecule has 0 unspecified atom stereocenters. The number of para-hydroxylation sites is 1. The average Bonchev–Trinajstić information content (AvgIpc) is 2.28. The van der Waals surface area contributed by atoms with Crippen LogP contribution >= 0.6 is 0 Å². The summed E-state index contributed by atoms with van der Waals surface area (Å²) in [4.78, 5) is 0. The maximum atomic E-state index is 5.47. The Balaban J connectivity index is 2.53. The third-order valence-electron chi connectivity index (χ3n) is 2.65. The third-order valence-corrected chi connectivity index (χ3v) is 2.65. The van der Waals surface area contributed by atoms with Crippen molar-refractivity contribution in [1.29, 1.82) is 0 Å². The molecule has 0 fully saturated rings. The molecule has 0 bridgehead atoms. The smallest absolute Gasteiger partial charge is 0.0639 e. The number of rotatable bonds is 6. The largest absolute Gasteiger partial charge is 0.382 e. The number of ether oxygens (including phenoxy) is 1. The molecule has 0 saturated heterocycles. The lowest BCUT2D eigenvalue weighted by Crippen LogP contribution is -2.17. The Bertz CT molecular complexity index is 328. The van der Waals surface area contributed by atoms with Gasteiger partial charge in [-0.2, -0.15) is 0 Å². The topological polar surface area (TPSA) is 21.3 Å². The fraction of sp³-hybridized carbons (Fsp3) is 0.600. The zero-order valence-electron chi connectivity index (χ0n) is 11.5. The van der Waals surface area contributed by atoms with E-state index >= 15 is 0 Å². The second kappa shape index (κ2) is 6.65. The van der Waals surface area contributed by atoms with Gasteiger partial charge in [-0.05, 0) is 23.5 Å². The summed E-state index contributed by atoms with van der Waals surface area (Å²) in [5, 5.41) is 3.45. The van der Waals surface area contributed by atoms with Crippen LogP contribution in [0.4, 0.5) is 5.69 Å². The third kappa shape index (κ3) is 4.78. The van der Waals surface area contributed by atoms with Crippen LogP contribution in [0.25, 0.3) is 0 Å². The molecule has 1 aromatic rings. The maximum Gasteiger partial charge on any atom is 0.0639 e. The summed E-state index contributed by atoms with van der Waals surface area (Å²) in [6.45, 7) is 11.3. The minimum Gasteiger partial charge on any atom is -0.382 e. The fourth-order valence-corrected chi connectivity index (χ4v) is 1.80. The van der Waals surface area contributed by atoms with Gasteiger partial charge in [-0.25, -0.2) is 0 Å². The summed E-state index contributed by atoms with van der Waals surface area (Å²) < 4.78 is 5.47. The summed E-state index contributed by atoms with van der Waals surface area (Å²) in [5.74, 6) is 0. The molecule has 0 spiro atoms. The van der Waals surface area contributed by atoms with Gasteiger partial charge in [0.25, 0.3) is 0 Å². The van der Waals surface area contributed by atoms with Crippen LogP contribution in [0.15, 0.2) is 24.3 Å². The molecule has 1 aromatic carbocycles. The monoisotopic (exact) mass is 235 g/mol. The predicted octanol–water partition coefficient (Wildman–Crippen LogP) is 3.82. The van der Waals surface area contributed by atoms with Crippen LogP contribution in [0.1, 0.15) is 39.7 Å². The molecule has 0 aliphatic rings. The summed E-state index contributed by atoms with van der Waals surface area (Å²) in [6.07, 6.45) is 1.08. The molecule has 0 atom stereocenters. The first kappa shape index (κ1) is 14.0. The molecule has 0 heterocycles. The lowest BCUT2D eigenvalue weighted by Gasteiger charge is -2.23. The van der Waals surface area contributed by atoms with Gasteiger partial charge in [0.1, 0.15) is 0 Å². The van der Waals surface area contributed by atoms with E-state index in [2.05, 4.69) is 57.3 Å². The van der Waals surface area contributed by atoms with Crippen molar-refractivity contribution in [3.63, 3.8) is 0 Å². The lowest BCUT2D eigenvalue weighted by atomic mass is 9.86. The van der Waals surface area contributed by atoms with E-state index in [9.17, 15) is 0 Å². The highest BCUT2D eigenvalue weighted by atomic mass is 16.5. The van der Waals surface area contributed by atoms with Crippen molar-refractivity contribution in [3.05, 3.63) is 29.8 Å². The van der Waals surface area contributed by atoms with Gasteiger partial charge in [-0.15, -0.1) is 0 Å². The van der Waals surface area contributed by atoms with E-state index in [1.807, 2.05) is 0 Å². The minimum absolute atomic E-state index is 0.174. The summed E-state index contributed by atoms with van der Waals surface area (Å²) in [6, 6.07) is 8.50. The van der Waals surface area contributed by atoms with E-state index in [4.69, 9.17) is 4.74 Å². The average molecular weight is 235 g/mol. The Morgan fingerprint density at radius 1 is 1.12 bits per heavy atom. The van der Waals surface area contributed by atoms with Gasteiger partial charge in [0.05, 0.1) is 6.61 Å². The molecule has 96 valence electrons. The standard InChI is InChI=1S/C15H25NO/c1-5-11-17-12-10-16-14-9-7-6-8-13(14)15(2,3)4/h6-9,16H,5,10-12H2,1-4H3. The zero-order valence-corrected chi connectivity index (χ0v) is 11.5. The van der Waals surface area contributed by atoms with Crippen LogP contribution in [0.5, 0.6) is 0 Å². The molecule has 0 aliphatic heterocycles. The molecule has 0 aliphatic carbocycles. The van der Waals surface area contributed by atoms with E-state index in [-0.39, 0.29) is 5.41 Å². The van der Waals surface area contributed by atoms with Crippen molar-refractivity contribution in [1.82, 2.24) is 0 Å². The Kier molecular flexibility index (Phi) is 5.49. The van der Waals surface area contributed by atoms with E-state index in [0.29, 0.717) is 0 Å². The number of hydrogen-bond donors (Lipinski definition) is 1. The normalized spacial score (nSPS) is 11.5. The molecule has 0 amide bonds. The highest BCUT2D eigenvalue weighted by Gasteiger charge is 2.16. The lowest BCUT2D eigenvalue weighted by molar-refractivity contribution is 0.144. The van der Waals surface area contributed by atoms with Crippen molar-refractivity contribution < 1.29 is 4.74 Å². The van der Waals surface area contributed by atoms with Crippen LogP contribution in [-0.2, 0) is 10.2 Å². The Morgan fingerprint density at radius 2 is 1.82 bits per heavy atom.